The lowest BCUT2D eigenvalue weighted by Gasteiger charge is -2.35. The lowest BCUT2D eigenvalue weighted by Crippen LogP contribution is -2.44. The van der Waals surface area contributed by atoms with Crippen LogP contribution in [0.2, 0.25) is 0 Å². The molecule has 6 heteroatoms. The number of halogens is 1. The first-order chi connectivity index (χ1) is 11.7. The van der Waals surface area contributed by atoms with Crippen LogP contribution in [0.1, 0.15) is 19.3 Å². The van der Waals surface area contributed by atoms with Gasteiger partial charge in [-0.1, -0.05) is 0 Å². The quantitative estimate of drug-likeness (QED) is 0.861. The second-order valence-electron chi connectivity index (χ2n) is 6.54. The average molecular weight is 336 g/mol. The summed E-state index contributed by atoms with van der Waals surface area (Å²) >= 11 is 0. The highest BCUT2D eigenvalue weighted by Gasteiger charge is 2.27. The molecule has 0 spiro atoms. The largest absolute Gasteiger partial charge is 0.484 e. The summed E-state index contributed by atoms with van der Waals surface area (Å²) in [6.07, 6.45) is 3.35. The number of ether oxygens (including phenoxy) is 2. The van der Waals surface area contributed by atoms with Gasteiger partial charge in [0.1, 0.15) is 11.6 Å². The zero-order valence-corrected chi connectivity index (χ0v) is 13.9. The molecule has 2 fully saturated rings. The molecule has 1 amide bonds. The Kier molecular flexibility index (Phi) is 6.04. The van der Waals surface area contributed by atoms with E-state index in [1.54, 1.807) is 0 Å². The monoisotopic (exact) mass is 336 g/mol. The summed E-state index contributed by atoms with van der Waals surface area (Å²) in [7, 11) is 0. The molecule has 2 aliphatic rings. The number of piperidine rings is 1. The average Bonchev–Trinajstić information content (AvgIpc) is 3.14. The second-order valence-corrected chi connectivity index (χ2v) is 6.54. The van der Waals surface area contributed by atoms with Crippen molar-refractivity contribution in [1.82, 2.24) is 10.2 Å². The molecule has 2 heterocycles. The highest BCUT2D eigenvalue weighted by Crippen LogP contribution is 2.21. The van der Waals surface area contributed by atoms with Gasteiger partial charge < -0.3 is 14.8 Å². The third-order valence-electron chi connectivity index (χ3n) is 4.84. The number of benzene rings is 1. The van der Waals surface area contributed by atoms with E-state index in [1.165, 1.54) is 24.3 Å². The smallest absolute Gasteiger partial charge is 0.257 e. The summed E-state index contributed by atoms with van der Waals surface area (Å²) in [4.78, 5) is 14.4. The predicted octanol–water partition coefficient (Wildman–Crippen LogP) is 1.82. The van der Waals surface area contributed by atoms with Gasteiger partial charge in [0.25, 0.3) is 5.91 Å². The van der Waals surface area contributed by atoms with E-state index < -0.39 is 0 Å². The van der Waals surface area contributed by atoms with Crippen molar-refractivity contribution in [2.24, 2.45) is 5.92 Å². The van der Waals surface area contributed by atoms with Crippen LogP contribution < -0.4 is 10.1 Å². The van der Waals surface area contributed by atoms with Crippen LogP contribution in [0.15, 0.2) is 24.3 Å². The molecule has 2 saturated heterocycles. The van der Waals surface area contributed by atoms with Crippen molar-refractivity contribution in [1.29, 1.82) is 0 Å². The Morgan fingerprint density at radius 3 is 2.67 bits per heavy atom. The van der Waals surface area contributed by atoms with Crippen molar-refractivity contribution in [3.8, 4) is 5.75 Å². The summed E-state index contributed by atoms with van der Waals surface area (Å²) in [5.74, 6) is 0.574. The number of hydrogen-bond donors (Lipinski definition) is 1. The third kappa shape index (κ3) is 4.92. The van der Waals surface area contributed by atoms with E-state index in [1.807, 2.05) is 0 Å². The zero-order valence-electron chi connectivity index (χ0n) is 13.9. The van der Waals surface area contributed by atoms with E-state index in [0.29, 0.717) is 24.3 Å². The van der Waals surface area contributed by atoms with Crippen LogP contribution in [-0.2, 0) is 9.53 Å². The van der Waals surface area contributed by atoms with E-state index in [2.05, 4.69) is 10.2 Å². The number of likely N-dealkylation sites (tertiary alicyclic amines) is 1. The molecule has 1 unspecified atom stereocenters. The normalized spacial score (nSPS) is 22.5. The van der Waals surface area contributed by atoms with Gasteiger partial charge in [0.05, 0.1) is 6.61 Å². The van der Waals surface area contributed by atoms with Gasteiger partial charge in [-0.3, -0.25) is 9.69 Å². The molecule has 0 aliphatic carbocycles. The number of carbonyl (C=O) groups excluding carboxylic acids is 1. The molecule has 1 aromatic carbocycles. The van der Waals surface area contributed by atoms with E-state index in [-0.39, 0.29) is 18.3 Å². The van der Waals surface area contributed by atoms with Crippen molar-refractivity contribution in [3.63, 3.8) is 0 Å². The fraction of sp³-hybridized carbons (Fsp3) is 0.611. The maximum Gasteiger partial charge on any atom is 0.257 e. The van der Waals surface area contributed by atoms with Crippen LogP contribution >= 0.6 is 0 Å². The second kappa shape index (κ2) is 8.44. The van der Waals surface area contributed by atoms with Crippen molar-refractivity contribution in [3.05, 3.63) is 30.1 Å². The van der Waals surface area contributed by atoms with Gasteiger partial charge in [0, 0.05) is 19.2 Å². The van der Waals surface area contributed by atoms with Gasteiger partial charge in [-0.25, -0.2) is 4.39 Å². The maximum absolute atomic E-state index is 12.8. The molecular formula is C18H25FN2O3. The molecule has 1 N–H and O–H groups in total. The van der Waals surface area contributed by atoms with Gasteiger partial charge in [-0.15, -0.1) is 0 Å². The summed E-state index contributed by atoms with van der Waals surface area (Å²) in [6, 6.07) is 6.26. The first-order valence-corrected chi connectivity index (χ1v) is 8.67. The van der Waals surface area contributed by atoms with E-state index in [4.69, 9.17) is 9.47 Å². The maximum atomic E-state index is 12.8. The highest BCUT2D eigenvalue weighted by atomic mass is 19.1. The summed E-state index contributed by atoms with van der Waals surface area (Å²) < 4.78 is 23.6. The minimum Gasteiger partial charge on any atom is -0.484 e. The molecule has 24 heavy (non-hydrogen) atoms. The lowest BCUT2D eigenvalue weighted by atomic mass is 9.95. The lowest BCUT2D eigenvalue weighted by molar-refractivity contribution is -0.123. The standard InChI is InChI=1S/C18H25FN2O3/c19-15-1-3-17(4-2-15)24-13-18(22)20-11-14-5-8-21(9-6-14)16-7-10-23-12-16/h1-4,14,16H,5-13H2,(H,20,22). The Labute approximate surface area is 142 Å². The SMILES string of the molecule is O=C(COc1ccc(F)cc1)NCC1CCN(C2CCOC2)CC1. The van der Waals surface area contributed by atoms with Crippen LogP contribution in [0.4, 0.5) is 4.39 Å². The van der Waals surface area contributed by atoms with Crippen LogP contribution in [0.25, 0.3) is 0 Å². The molecule has 0 saturated carbocycles. The molecule has 132 valence electrons. The van der Waals surface area contributed by atoms with Crippen LogP contribution in [0.5, 0.6) is 5.75 Å². The number of nitrogens with one attached hydrogen (secondary N) is 1. The minimum absolute atomic E-state index is 0.0378. The van der Waals surface area contributed by atoms with Gasteiger partial charge in [-0.2, -0.15) is 0 Å². The van der Waals surface area contributed by atoms with Crippen molar-refractivity contribution in [2.45, 2.75) is 25.3 Å². The van der Waals surface area contributed by atoms with Crippen molar-refractivity contribution < 1.29 is 18.7 Å². The van der Waals surface area contributed by atoms with Crippen LogP contribution in [0, 0.1) is 11.7 Å². The van der Waals surface area contributed by atoms with Crippen molar-refractivity contribution in [2.75, 3.05) is 39.5 Å². The molecule has 0 aromatic heterocycles. The van der Waals surface area contributed by atoms with E-state index in [0.717, 1.165) is 45.6 Å². The third-order valence-corrected chi connectivity index (χ3v) is 4.84. The van der Waals surface area contributed by atoms with Crippen LogP contribution in [-0.4, -0.2) is 56.3 Å². The fourth-order valence-corrected chi connectivity index (χ4v) is 3.32. The number of nitrogens with zero attached hydrogens (tertiary/aromatic N) is 1. The molecule has 3 rings (SSSR count). The number of rotatable bonds is 6. The van der Waals surface area contributed by atoms with Crippen molar-refractivity contribution >= 4 is 5.91 Å². The molecule has 0 bridgehead atoms. The molecule has 1 atom stereocenters. The molecule has 1 aromatic rings. The summed E-state index contributed by atoms with van der Waals surface area (Å²) in [5.41, 5.74) is 0. The Hall–Kier alpha value is -1.66. The number of carbonyl (C=O) groups is 1. The minimum atomic E-state index is -0.317. The Morgan fingerprint density at radius 1 is 1.25 bits per heavy atom. The summed E-state index contributed by atoms with van der Waals surface area (Å²) in [5, 5.41) is 2.94. The first-order valence-electron chi connectivity index (χ1n) is 8.67. The molecule has 0 radical (unpaired) electrons. The topological polar surface area (TPSA) is 50.8 Å². The zero-order chi connectivity index (χ0) is 16.8. The molecular weight excluding hydrogens is 311 g/mol. The Balaban J connectivity index is 1.31. The fourth-order valence-electron chi connectivity index (χ4n) is 3.32. The van der Waals surface area contributed by atoms with Crippen LogP contribution in [0.3, 0.4) is 0 Å². The van der Waals surface area contributed by atoms with E-state index >= 15 is 0 Å². The number of amides is 1. The van der Waals surface area contributed by atoms with Gasteiger partial charge >= 0.3 is 0 Å². The Morgan fingerprint density at radius 2 is 2.00 bits per heavy atom. The molecule has 2 aliphatic heterocycles. The summed E-state index contributed by atoms with van der Waals surface area (Å²) in [6.45, 7) is 4.57. The molecule has 5 nitrogen and oxygen atoms in total. The Bertz CT molecular complexity index is 524. The van der Waals surface area contributed by atoms with Gasteiger partial charge in [0.15, 0.2) is 6.61 Å². The predicted molar refractivity (Wildman–Crippen MR) is 88.4 cm³/mol. The highest BCUT2D eigenvalue weighted by molar-refractivity contribution is 5.77. The van der Waals surface area contributed by atoms with Gasteiger partial charge in [-0.05, 0) is 62.5 Å². The number of hydrogen-bond acceptors (Lipinski definition) is 4. The first kappa shape index (κ1) is 17.2. The van der Waals surface area contributed by atoms with Gasteiger partial charge in [0.2, 0.25) is 0 Å². The van der Waals surface area contributed by atoms with E-state index in [9.17, 15) is 9.18 Å².